The van der Waals surface area contributed by atoms with E-state index < -0.39 is 0 Å². The van der Waals surface area contributed by atoms with Gasteiger partial charge in [-0.1, -0.05) is 128 Å². The Labute approximate surface area is 373 Å². The van der Waals surface area contributed by atoms with Gasteiger partial charge in [-0.15, -0.1) is 0 Å². The van der Waals surface area contributed by atoms with Crippen molar-refractivity contribution in [3.63, 3.8) is 0 Å². The lowest BCUT2D eigenvalue weighted by Gasteiger charge is -2.53. The normalized spacial score (nSPS) is 32.1. The lowest BCUT2D eigenvalue weighted by atomic mass is 9.51. The first-order valence-corrected chi connectivity index (χ1v) is 25.0. The molecule has 8 bridgehead atoms. The van der Waals surface area contributed by atoms with Crippen LogP contribution in [0.5, 0.6) is 0 Å². The zero-order valence-electron chi connectivity index (χ0n) is 36.5. The van der Waals surface area contributed by atoms with Gasteiger partial charge in [-0.25, -0.2) is 0 Å². The Hall–Kier alpha value is -5.40. The van der Waals surface area contributed by atoms with Gasteiger partial charge in [0.05, 0.1) is 0 Å². The van der Waals surface area contributed by atoms with Crippen molar-refractivity contribution in [2.24, 2.45) is 47.3 Å². The van der Waals surface area contributed by atoms with Crippen molar-refractivity contribution in [1.82, 2.24) is 0 Å². The molecule has 10 unspecified atom stereocenters. The number of hydrogen-bond donors (Lipinski definition) is 0. The molecule has 8 fully saturated rings. The fourth-order valence-corrected chi connectivity index (χ4v) is 17.6. The van der Waals surface area contributed by atoms with E-state index >= 15 is 0 Å². The van der Waals surface area contributed by atoms with Crippen LogP contribution in [0.4, 0.5) is 17.1 Å². The average molecular weight is 816 g/mol. The monoisotopic (exact) mass is 815 g/mol. The van der Waals surface area contributed by atoms with Crippen molar-refractivity contribution in [2.45, 2.75) is 87.9 Å². The molecule has 0 saturated heterocycles. The second kappa shape index (κ2) is 13.1. The van der Waals surface area contributed by atoms with Crippen molar-refractivity contribution in [2.75, 3.05) is 4.90 Å². The molecule has 0 N–H and O–H groups in total. The third-order valence-corrected chi connectivity index (χ3v) is 19.4. The molecule has 1 nitrogen and oxygen atoms in total. The topological polar surface area (TPSA) is 3.24 Å². The molecule has 7 aromatic rings. The molecule has 0 aliphatic heterocycles. The van der Waals surface area contributed by atoms with E-state index in [0.29, 0.717) is 0 Å². The summed E-state index contributed by atoms with van der Waals surface area (Å²) >= 11 is 0. The molecule has 10 aliphatic rings. The summed E-state index contributed by atoms with van der Waals surface area (Å²) in [5, 5.41) is 2.60. The van der Waals surface area contributed by atoms with E-state index in [1.54, 1.807) is 22.3 Å². The molecular formula is C62H57N. The first-order valence-electron chi connectivity index (χ1n) is 25.0. The van der Waals surface area contributed by atoms with E-state index in [2.05, 4.69) is 157 Å². The molecule has 1 heteroatoms. The second-order valence-electron chi connectivity index (χ2n) is 22.0. The highest BCUT2D eigenvalue weighted by molar-refractivity contribution is 5.97. The molecule has 17 rings (SSSR count). The molecule has 8 saturated carbocycles. The summed E-state index contributed by atoms with van der Waals surface area (Å²) in [5.41, 5.74) is 19.2. The van der Waals surface area contributed by atoms with Gasteiger partial charge in [0.1, 0.15) is 0 Å². The SMILES string of the molecule is c1ccc2c(c1)-c1cc(N(c3ccc(-c4cccc5ccccc45)cc3)c3ccc4c(c3)C3(c5ccccc5-4)C4CCC5CC(C4)CC3C5)ccc1C21C2CCC3CC(C2)CC1C3. The molecule has 63 heavy (non-hydrogen) atoms. The van der Waals surface area contributed by atoms with Crippen molar-refractivity contribution in [3.8, 4) is 33.4 Å². The zero-order valence-corrected chi connectivity index (χ0v) is 36.5. The molecule has 0 amide bonds. The minimum atomic E-state index is 0.110. The van der Waals surface area contributed by atoms with Gasteiger partial charge in [0, 0.05) is 27.9 Å². The summed E-state index contributed by atoms with van der Waals surface area (Å²) in [5.74, 6) is 6.64. The lowest BCUT2D eigenvalue weighted by molar-refractivity contribution is 0.0617. The Balaban J connectivity index is 0.928. The number of rotatable bonds is 4. The molecule has 7 aromatic carbocycles. The highest BCUT2D eigenvalue weighted by atomic mass is 15.1. The fourth-order valence-electron chi connectivity index (χ4n) is 17.6. The van der Waals surface area contributed by atoms with Gasteiger partial charge in [0.2, 0.25) is 0 Å². The predicted molar refractivity (Wildman–Crippen MR) is 260 cm³/mol. The van der Waals surface area contributed by atoms with Crippen LogP contribution in [0.25, 0.3) is 44.2 Å². The second-order valence-corrected chi connectivity index (χ2v) is 22.0. The number of nitrogens with zero attached hydrogens (tertiary/aromatic N) is 1. The third-order valence-electron chi connectivity index (χ3n) is 19.4. The molecule has 10 aliphatic carbocycles. The highest BCUT2D eigenvalue weighted by Gasteiger charge is 2.61. The maximum absolute atomic E-state index is 2.71. The summed E-state index contributed by atoms with van der Waals surface area (Å²) in [6, 6.07) is 60.0. The number of benzene rings is 7. The van der Waals surface area contributed by atoms with Gasteiger partial charge in [0.25, 0.3) is 0 Å². The Bertz CT molecular complexity index is 2990. The van der Waals surface area contributed by atoms with Crippen molar-refractivity contribution >= 4 is 27.8 Å². The molecule has 0 heterocycles. The molecule has 0 aromatic heterocycles. The molecule has 10 atom stereocenters. The lowest BCUT2D eigenvalue weighted by Crippen LogP contribution is -2.48. The van der Waals surface area contributed by atoms with Gasteiger partial charge in [-0.3, -0.25) is 0 Å². The summed E-state index contributed by atoms with van der Waals surface area (Å²) < 4.78 is 0. The van der Waals surface area contributed by atoms with Crippen LogP contribution in [0.2, 0.25) is 0 Å². The van der Waals surface area contributed by atoms with Gasteiger partial charge in [-0.05, 0) is 214 Å². The minimum Gasteiger partial charge on any atom is -0.310 e. The Kier molecular flexibility index (Phi) is 7.48. The van der Waals surface area contributed by atoms with Crippen LogP contribution in [-0.2, 0) is 10.8 Å². The summed E-state index contributed by atoms with van der Waals surface area (Å²) in [6.45, 7) is 0. The van der Waals surface area contributed by atoms with Crippen molar-refractivity contribution in [3.05, 3.63) is 174 Å². The summed E-state index contributed by atoms with van der Waals surface area (Å²) in [6.07, 6.45) is 17.1. The number of fused-ring (bicyclic) bond motifs is 9. The van der Waals surface area contributed by atoms with Crippen LogP contribution >= 0.6 is 0 Å². The fraction of sp³-hybridized carbons (Fsp3) is 0.355. The summed E-state index contributed by atoms with van der Waals surface area (Å²) in [7, 11) is 0. The molecule has 0 radical (unpaired) electrons. The average Bonchev–Trinajstić information content (AvgIpc) is 3.54. The zero-order chi connectivity index (χ0) is 41.0. The van der Waals surface area contributed by atoms with E-state index in [1.807, 2.05) is 0 Å². The van der Waals surface area contributed by atoms with Crippen LogP contribution in [0, 0.1) is 47.3 Å². The predicted octanol–water partition coefficient (Wildman–Crippen LogP) is 16.2. The maximum atomic E-state index is 2.71. The van der Waals surface area contributed by atoms with Gasteiger partial charge in [0.15, 0.2) is 0 Å². The Morgan fingerprint density at radius 2 is 0.841 bits per heavy atom. The molecule has 310 valence electrons. The van der Waals surface area contributed by atoms with Crippen molar-refractivity contribution in [1.29, 1.82) is 0 Å². The van der Waals surface area contributed by atoms with Gasteiger partial charge in [-0.2, -0.15) is 0 Å². The van der Waals surface area contributed by atoms with Gasteiger partial charge < -0.3 is 4.90 Å². The first-order chi connectivity index (χ1) is 31.1. The third kappa shape index (κ3) is 4.79. The van der Waals surface area contributed by atoms with E-state index in [-0.39, 0.29) is 10.8 Å². The van der Waals surface area contributed by atoms with Crippen LogP contribution in [0.1, 0.15) is 99.3 Å². The number of anilines is 3. The minimum absolute atomic E-state index is 0.110. The van der Waals surface area contributed by atoms with E-state index in [1.165, 1.54) is 138 Å². The van der Waals surface area contributed by atoms with Crippen LogP contribution in [-0.4, -0.2) is 0 Å². The summed E-state index contributed by atoms with van der Waals surface area (Å²) in [4.78, 5) is 2.64. The smallest absolute Gasteiger partial charge is 0.0468 e. The molecular weight excluding hydrogens is 759 g/mol. The quantitative estimate of drug-likeness (QED) is 0.171. The van der Waals surface area contributed by atoms with Crippen LogP contribution in [0.15, 0.2) is 152 Å². The largest absolute Gasteiger partial charge is 0.310 e. The van der Waals surface area contributed by atoms with E-state index in [4.69, 9.17) is 0 Å². The van der Waals surface area contributed by atoms with Crippen LogP contribution in [0.3, 0.4) is 0 Å². The van der Waals surface area contributed by atoms with Crippen LogP contribution < -0.4 is 4.90 Å². The standard InChI is InChI=1S/C62H57N/c1-2-10-51-42(8-1)9-7-13-52(51)43-18-22-48(23-19-43)63(49-25-27-59-56(36-49)54-12-4-6-15-58(54)61(59)44-20-16-38-28-40(32-44)34-46(61)30-38)50-24-26-55-53-11-3-5-14-57(53)62(60(55)37-50)45-21-17-39-29-41(33-45)35-47(62)31-39/h1-15,18-19,22-27,36-41,44-47H,16-17,20-21,28-35H2. The van der Waals surface area contributed by atoms with E-state index in [0.717, 1.165) is 47.3 Å². The number of hydrogen-bond acceptors (Lipinski definition) is 1. The maximum Gasteiger partial charge on any atom is 0.0468 e. The van der Waals surface area contributed by atoms with E-state index in [9.17, 15) is 0 Å². The van der Waals surface area contributed by atoms with Gasteiger partial charge >= 0.3 is 0 Å². The highest BCUT2D eigenvalue weighted by Crippen LogP contribution is 2.70. The molecule has 2 spiro atoms. The van der Waals surface area contributed by atoms with Crippen molar-refractivity contribution < 1.29 is 0 Å². The Morgan fingerprint density at radius 1 is 0.333 bits per heavy atom. The first kappa shape index (κ1) is 36.0. The Morgan fingerprint density at radius 3 is 1.57 bits per heavy atom.